The lowest BCUT2D eigenvalue weighted by atomic mass is 10.0. The van der Waals surface area contributed by atoms with E-state index in [1.807, 2.05) is 0 Å². The molecular weight excluding hydrogens is 230 g/mol. The molecule has 1 spiro atoms. The highest BCUT2D eigenvalue weighted by atomic mass is 16.3. The van der Waals surface area contributed by atoms with Crippen molar-refractivity contribution >= 4 is 5.91 Å². The highest BCUT2D eigenvalue weighted by Gasteiger charge is 2.55. The molecule has 18 heavy (non-hydrogen) atoms. The number of carbonyl (C=O) groups is 1. The fourth-order valence-electron chi connectivity index (χ4n) is 2.74. The van der Waals surface area contributed by atoms with Crippen LogP contribution < -0.4 is 0 Å². The van der Waals surface area contributed by atoms with Crippen LogP contribution in [0.2, 0.25) is 0 Å². The van der Waals surface area contributed by atoms with Gasteiger partial charge in [-0.15, -0.1) is 0 Å². The van der Waals surface area contributed by atoms with E-state index in [9.17, 15) is 9.90 Å². The minimum atomic E-state index is -0.373. The number of rotatable bonds is 2. The predicted octanol–water partition coefficient (Wildman–Crippen LogP) is 0.776. The summed E-state index contributed by atoms with van der Waals surface area (Å²) in [6.07, 6.45) is 1.67. The van der Waals surface area contributed by atoms with E-state index in [-0.39, 0.29) is 24.0 Å². The second kappa shape index (κ2) is 4.07. The number of aliphatic hydroxyl groups is 2. The lowest BCUT2D eigenvalue weighted by Gasteiger charge is -2.16. The van der Waals surface area contributed by atoms with Gasteiger partial charge in [-0.3, -0.25) is 4.79 Å². The van der Waals surface area contributed by atoms with Gasteiger partial charge >= 0.3 is 0 Å². The van der Waals surface area contributed by atoms with Gasteiger partial charge in [0, 0.05) is 24.1 Å². The molecule has 1 aromatic rings. The molecule has 1 saturated carbocycles. The lowest BCUT2D eigenvalue weighted by Crippen LogP contribution is -2.29. The van der Waals surface area contributed by atoms with Gasteiger partial charge < -0.3 is 15.1 Å². The van der Waals surface area contributed by atoms with Gasteiger partial charge in [-0.05, 0) is 30.5 Å². The minimum absolute atomic E-state index is 0.00967. The third kappa shape index (κ3) is 1.82. The average Bonchev–Trinajstić information content (AvgIpc) is 3.10. The normalized spacial score (nSPS) is 24.6. The summed E-state index contributed by atoms with van der Waals surface area (Å²) in [5.41, 5.74) is 1.32. The Morgan fingerprint density at radius 3 is 2.83 bits per heavy atom. The zero-order valence-corrected chi connectivity index (χ0v) is 10.2. The maximum Gasteiger partial charge on any atom is 0.253 e. The lowest BCUT2D eigenvalue weighted by molar-refractivity contribution is 0.0764. The first-order valence-corrected chi connectivity index (χ1v) is 6.32. The highest BCUT2D eigenvalue weighted by Crippen LogP contribution is 2.52. The van der Waals surface area contributed by atoms with Crippen LogP contribution in [-0.4, -0.2) is 40.2 Å². The Morgan fingerprint density at radius 2 is 2.22 bits per heavy atom. The van der Waals surface area contributed by atoms with Crippen molar-refractivity contribution < 1.29 is 15.0 Å². The molecule has 1 amide bonds. The number of likely N-dealkylation sites (tertiary alicyclic amines) is 1. The van der Waals surface area contributed by atoms with E-state index in [4.69, 9.17) is 5.11 Å². The second-order valence-corrected chi connectivity index (χ2v) is 5.42. The summed E-state index contributed by atoms with van der Waals surface area (Å²) >= 11 is 0. The summed E-state index contributed by atoms with van der Waals surface area (Å²) in [7, 11) is 0. The fourth-order valence-corrected chi connectivity index (χ4v) is 2.74. The van der Waals surface area contributed by atoms with Crippen LogP contribution in [0, 0.1) is 5.41 Å². The van der Waals surface area contributed by atoms with E-state index in [1.54, 1.807) is 29.2 Å². The Hall–Kier alpha value is -1.39. The Morgan fingerprint density at radius 1 is 1.44 bits per heavy atom. The first-order chi connectivity index (χ1) is 8.64. The molecule has 1 aliphatic carbocycles. The molecule has 1 aromatic carbocycles. The minimum Gasteiger partial charge on any atom is -0.392 e. The second-order valence-electron chi connectivity index (χ2n) is 5.42. The molecule has 1 atom stereocenters. The Kier molecular flexibility index (Phi) is 2.64. The molecule has 0 radical (unpaired) electrons. The maximum atomic E-state index is 12.3. The van der Waals surface area contributed by atoms with Crippen molar-refractivity contribution in [1.82, 2.24) is 4.90 Å². The quantitative estimate of drug-likeness (QED) is 0.811. The van der Waals surface area contributed by atoms with Crippen LogP contribution in [0.4, 0.5) is 0 Å². The summed E-state index contributed by atoms with van der Waals surface area (Å²) in [5.74, 6) is -0.0480. The molecule has 1 saturated heterocycles. The first-order valence-electron chi connectivity index (χ1n) is 6.32. The van der Waals surface area contributed by atoms with E-state index < -0.39 is 0 Å². The van der Waals surface area contributed by atoms with Crippen LogP contribution in [0.3, 0.4) is 0 Å². The van der Waals surface area contributed by atoms with Crippen molar-refractivity contribution in [2.24, 2.45) is 5.41 Å². The Bertz CT molecular complexity index is 482. The summed E-state index contributed by atoms with van der Waals surface area (Å²) in [5, 5.41) is 19.0. The van der Waals surface area contributed by atoms with Crippen molar-refractivity contribution in [3.05, 3.63) is 35.4 Å². The van der Waals surface area contributed by atoms with E-state index in [0.717, 1.165) is 18.4 Å². The number of aliphatic hydroxyl groups excluding tert-OH is 2. The van der Waals surface area contributed by atoms with Gasteiger partial charge in [0.25, 0.3) is 5.91 Å². The van der Waals surface area contributed by atoms with E-state index >= 15 is 0 Å². The van der Waals surface area contributed by atoms with Crippen LogP contribution in [0.1, 0.15) is 28.8 Å². The topological polar surface area (TPSA) is 60.8 Å². The summed E-state index contributed by atoms with van der Waals surface area (Å²) in [6.45, 7) is 1.03. The van der Waals surface area contributed by atoms with Crippen LogP contribution in [0.15, 0.2) is 24.3 Å². The van der Waals surface area contributed by atoms with Crippen molar-refractivity contribution in [1.29, 1.82) is 0 Å². The van der Waals surface area contributed by atoms with Crippen LogP contribution in [0.5, 0.6) is 0 Å². The molecule has 96 valence electrons. The number of β-amino-alcohol motifs (C(OH)–C–C–N with tert-alkyl or cyclic N) is 1. The number of hydrogen-bond acceptors (Lipinski definition) is 3. The maximum absolute atomic E-state index is 12.3. The van der Waals surface area contributed by atoms with Crippen molar-refractivity contribution in [3.8, 4) is 0 Å². The third-order valence-electron chi connectivity index (χ3n) is 4.14. The molecule has 1 heterocycles. The number of hydrogen-bond donors (Lipinski definition) is 2. The molecule has 1 aliphatic heterocycles. The molecule has 0 aromatic heterocycles. The van der Waals surface area contributed by atoms with Gasteiger partial charge in [-0.1, -0.05) is 12.1 Å². The monoisotopic (exact) mass is 247 g/mol. The number of nitrogens with zero attached hydrogens (tertiary/aromatic N) is 1. The predicted molar refractivity (Wildman–Crippen MR) is 65.9 cm³/mol. The van der Waals surface area contributed by atoms with Gasteiger partial charge in [-0.2, -0.15) is 0 Å². The summed E-state index contributed by atoms with van der Waals surface area (Å²) < 4.78 is 0. The molecule has 2 N–H and O–H groups in total. The summed E-state index contributed by atoms with van der Waals surface area (Å²) in [6, 6.07) is 7.04. The molecule has 3 rings (SSSR count). The molecular formula is C14H17NO3. The van der Waals surface area contributed by atoms with Crippen molar-refractivity contribution in [3.63, 3.8) is 0 Å². The average molecular weight is 247 g/mol. The summed E-state index contributed by atoms with van der Waals surface area (Å²) in [4.78, 5) is 14.0. The Balaban J connectivity index is 1.78. The zero-order valence-electron chi connectivity index (χ0n) is 10.2. The standard InChI is InChI=1S/C14H17NO3/c16-8-10-2-1-3-11(6-10)13(18)15-7-12(17)14(9-15)4-5-14/h1-3,6,12,16-17H,4-5,7-9H2. The molecule has 2 aliphatic rings. The molecule has 0 bridgehead atoms. The molecule has 2 fully saturated rings. The van der Waals surface area contributed by atoms with E-state index in [1.165, 1.54) is 0 Å². The zero-order chi connectivity index (χ0) is 12.8. The van der Waals surface area contributed by atoms with Gasteiger partial charge in [0.05, 0.1) is 12.7 Å². The number of amides is 1. The first kappa shape index (κ1) is 11.7. The Labute approximate surface area is 106 Å². The highest BCUT2D eigenvalue weighted by molar-refractivity contribution is 5.94. The third-order valence-corrected chi connectivity index (χ3v) is 4.14. The van der Waals surface area contributed by atoms with Crippen LogP contribution in [-0.2, 0) is 6.61 Å². The fraction of sp³-hybridized carbons (Fsp3) is 0.500. The van der Waals surface area contributed by atoms with Crippen LogP contribution >= 0.6 is 0 Å². The van der Waals surface area contributed by atoms with Gasteiger partial charge in [0.15, 0.2) is 0 Å². The molecule has 4 heteroatoms. The molecule has 1 unspecified atom stereocenters. The van der Waals surface area contributed by atoms with Crippen molar-refractivity contribution in [2.45, 2.75) is 25.6 Å². The SMILES string of the molecule is O=C(c1cccc(CO)c1)N1CC(O)C2(CC2)C1. The van der Waals surface area contributed by atoms with Gasteiger partial charge in [0.2, 0.25) is 0 Å². The number of benzene rings is 1. The van der Waals surface area contributed by atoms with Gasteiger partial charge in [-0.25, -0.2) is 0 Å². The van der Waals surface area contributed by atoms with Crippen LogP contribution in [0.25, 0.3) is 0 Å². The molecule has 4 nitrogen and oxygen atoms in total. The van der Waals surface area contributed by atoms with Crippen molar-refractivity contribution in [2.75, 3.05) is 13.1 Å². The van der Waals surface area contributed by atoms with Gasteiger partial charge in [0.1, 0.15) is 0 Å². The largest absolute Gasteiger partial charge is 0.392 e. The van der Waals surface area contributed by atoms with E-state index in [0.29, 0.717) is 18.7 Å². The smallest absolute Gasteiger partial charge is 0.253 e. The number of carbonyl (C=O) groups excluding carboxylic acids is 1. The van der Waals surface area contributed by atoms with E-state index in [2.05, 4.69) is 0 Å².